The molecule has 3 nitrogen and oxygen atoms in total. The normalized spacial score (nSPS) is 12.6. The van der Waals surface area contributed by atoms with E-state index in [-0.39, 0.29) is 0 Å². The van der Waals surface area contributed by atoms with Crippen molar-refractivity contribution in [1.29, 1.82) is 0 Å². The van der Waals surface area contributed by atoms with Crippen LogP contribution in [0, 0.1) is 6.92 Å². The van der Waals surface area contributed by atoms with E-state index in [0.29, 0.717) is 0 Å². The lowest BCUT2D eigenvalue weighted by Gasteiger charge is -2.11. The Balaban J connectivity index is 2.98. The minimum Gasteiger partial charge on any atom is -0.388 e. The molecule has 0 aliphatic rings. The molecule has 0 aromatic carbocycles. The molecule has 1 aromatic heterocycles. The molecule has 0 saturated heterocycles. The lowest BCUT2D eigenvalue weighted by Crippen LogP contribution is -2.01. The molecule has 0 fully saturated rings. The van der Waals surface area contributed by atoms with Crippen LogP contribution in [0.15, 0.2) is 12.3 Å². The Morgan fingerprint density at radius 3 is 2.77 bits per heavy atom. The van der Waals surface area contributed by atoms with Gasteiger partial charge in [0.2, 0.25) is 0 Å². The number of aliphatic hydroxyl groups excluding tert-OH is 1. The van der Waals surface area contributed by atoms with Gasteiger partial charge in [0.05, 0.1) is 6.10 Å². The predicted molar refractivity (Wildman–Crippen MR) is 53.8 cm³/mol. The molecule has 1 atom stereocenters. The average Bonchev–Trinajstić information content (AvgIpc) is 2.16. The zero-order valence-corrected chi connectivity index (χ0v) is 8.33. The third-order valence-corrected chi connectivity index (χ3v) is 2.15. The van der Waals surface area contributed by atoms with Crippen molar-refractivity contribution < 1.29 is 5.11 Å². The Labute approximate surface area is 78.8 Å². The highest BCUT2D eigenvalue weighted by molar-refractivity contribution is 5.40. The number of aryl methyl sites for hydroxylation is 1. The number of hydrogen-bond acceptors (Lipinski definition) is 3. The van der Waals surface area contributed by atoms with Gasteiger partial charge in [0.25, 0.3) is 0 Å². The molecule has 0 spiro atoms. The molecule has 0 bridgehead atoms. The Hall–Kier alpha value is -1.09. The molecule has 72 valence electrons. The zero-order chi connectivity index (χ0) is 9.84. The molecule has 2 N–H and O–H groups in total. The average molecular weight is 180 g/mol. The van der Waals surface area contributed by atoms with E-state index >= 15 is 0 Å². The lowest BCUT2D eigenvalue weighted by atomic mass is 10.0. The quantitative estimate of drug-likeness (QED) is 0.746. The second kappa shape index (κ2) is 4.23. The van der Waals surface area contributed by atoms with Crippen LogP contribution in [0.25, 0.3) is 0 Å². The molecule has 0 unspecified atom stereocenters. The largest absolute Gasteiger partial charge is 0.388 e. The molecule has 0 saturated carbocycles. The standard InChI is InChI=1S/C10H16N2O/c1-4-9(13)8-6-12-10(11-3)5-7(8)2/h5-6,9,13H,4H2,1-3H3,(H,11,12)/t9-/m0/s1. The second-order valence-corrected chi connectivity index (χ2v) is 3.10. The van der Waals surface area contributed by atoms with Crippen molar-refractivity contribution in [2.24, 2.45) is 0 Å². The Kier molecular flexibility index (Phi) is 3.25. The predicted octanol–water partition coefficient (Wildman–Crippen LogP) is 1.88. The van der Waals surface area contributed by atoms with E-state index in [4.69, 9.17) is 0 Å². The van der Waals surface area contributed by atoms with Gasteiger partial charge in [-0.05, 0) is 25.0 Å². The fourth-order valence-corrected chi connectivity index (χ4v) is 1.27. The van der Waals surface area contributed by atoms with Crippen LogP contribution < -0.4 is 5.32 Å². The maximum atomic E-state index is 9.61. The molecular weight excluding hydrogens is 164 g/mol. The highest BCUT2D eigenvalue weighted by Crippen LogP contribution is 2.20. The van der Waals surface area contributed by atoms with Gasteiger partial charge in [0.15, 0.2) is 0 Å². The summed E-state index contributed by atoms with van der Waals surface area (Å²) < 4.78 is 0. The summed E-state index contributed by atoms with van der Waals surface area (Å²) >= 11 is 0. The van der Waals surface area contributed by atoms with Crippen molar-refractivity contribution in [3.8, 4) is 0 Å². The fraction of sp³-hybridized carbons (Fsp3) is 0.500. The van der Waals surface area contributed by atoms with Gasteiger partial charge in [-0.2, -0.15) is 0 Å². The van der Waals surface area contributed by atoms with E-state index in [2.05, 4.69) is 10.3 Å². The second-order valence-electron chi connectivity index (χ2n) is 3.10. The van der Waals surface area contributed by atoms with Crippen LogP contribution >= 0.6 is 0 Å². The van der Waals surface area contributed by atoms with Crippen LogP contribution in [0.5, 0.6) is 0 Å². The number of anilines is 1. The topological polar surface area (TPSA) is 45.2 Å². The van der Waals surface area contributed by atoms with Gasteiger partial charge in [-0.3, -0.25) is 0 Å². The number of nitrogens with one attached hydrogen (secondary N) is 1. The molecule has 0 aliphatic carbocycles. The Morgan fingerprint density at radius 1 is 1.62 bits per heavy atom. The summed E-state index contributed by atoms with van der Waals surface area (Å²) in [6.45, 7) is 3.94. The van der Waals surface area contributed by atoms with Crippen LogP contribution in [0.2, 0.25) is 0 Å². The van der Waals surface area contributed by atoms with Crippen molar-refractivity contribution in [3.05, 3.63) is 23.4 Å². The van der Waals surface area contributed by atoms with Gasteiger partial charge < -0.3 is 10.4 Å². The van der Waals surface area contributed by atoms with Crippen molar-refractivity contribution in [2.45, 2.75) is 26.4 Å². The van der Waals surface area contributed by atoms with Gasteiger partial charge in [0.1, 0.15) is 5.82 Å². The first-order valence-corrected chi connectivity index (χ1v) is 4.51. The van der Waals surface area contributed by atoms with E-state index in [9.17, 15) is 5.11 Å². The molecule has 3 heteroatoms. The maximum Gasteiger partial charge on any atom is 0.125 e. The van der Waals surface area contributed by atoms with Crippen LogP contribution in [-0.4, -0.2) is 17.1 Å². The maximum absolute atomic E-state index is 9.61. The van der Waals surface area contributed by atoms with Gasteiger partial charge in [0, 0.05) is 18.8 Å². The van der Waals surface area contributed by atoms with E-state index in [1.165, 1.54) is 0 Å². The summed E-state index contributed by atoms with van der Waals surface area (Å²) in [6, 6.07) is 1.94. The summed E-state index contributed by atoms with van der Waals surface area (Å²) in [5.41, 5.74) is 2.00. The van der Waals surface area contributed by atoms with Gasteiger partial charge >= 0.3 is 0 Å². The van der Waals surface area contributed by atoms with Crippen molar-refractivity contribution in [1.82, 2.24) is 4.98 Å². The lowest BCUT2D eigenvalue weighted by molar-refractivity contribution is 0.172. The zero-order valence-electron chi connectivity index (χ0n) is 8.33. The number of hydrogen-bond donors (Lipinski definition) is 2. The minimum atomic E-state index is -0.390. The van der Waals surface area contributed by atoms with Crippen molar-refractivity contribution in [3.63, 3.8) is 0 Å². The number of aromatic nitrogens is 1. The third-order valence-electron chi connectivity index (χ3n) is 2.15. The van der Waals surface area contributed by atoms with Gasteiger partial charge in [-0.25, -0.2) is 4.98 Å². The first kappa shape index (κ1) is 9.99. The number of pyridine rings is 1. The molecule has 1 rings (SSSR count). The van der Waals surface area contributed by atoms with E-state index in [1.807, 2.05) is 27.0 Å². The molecule has 0 aliphatic heterocycles. The van der Waals surface area contributed by atoms with Crippen LogP contribution in [0.1, 0.15) is 30.6 Å². The molecule has 1 aromatic rings. The number of nitrogens with zero attached hydrogens (tertiary/aromatic N) is 1. The summed E-state index contributed by atoms with van der Waals surface area (Å²) in [5.74, 6) is 0.838. The van der Waals surface area contributed by atoms with Crippen molar-refractivity contribution >= 4 is 5.82 Å². The van der Waals surface area contributed by atoms with E-state index in [1.54, 1.807) is 6.20 Å². The number of rotatable bonds is 3. The van der Waals surface area contributed by atoms with Gasteiger partial charge in [-0.1, -0.05) is 6.92 Å². The minimum absolute atomic E-state index is 0.390. The summed E-state index contributed by atoms with van der Waals surface area (Å²) in [4.78, 5) is 4.16. The first-order chi connectivity index (χ1) is 6.19. The third kappa shape index (κ3) is 2.18. The summed E-state index contributed by atoms with van der Waals surface area (Å²) in [5, 5.41) is 12.6. The SMILES string of the molecule is CC[C@H](O)c1cnc(NC)cc1C. The molecule has 0 amide bonds. The molecule has 13 heavy (non-hydrogen) atoms. The van der Waals surface area contributed by atoms with Crippen LogP contribution in [0.4, 0.5) is 5.82 Å². The summed E-state index contributed by atoms with van der Waals surface area (Å²) in [6.07, 6.45) is 2.06. The summed E-state index contributed by atoms with van der Waals surface area (Å²) in [7, 11) is 1.83. The Morgan fingerprint density at radius 2 is 2.31 bits per heavy atom. The highest BCUT2D eigenvalue weighted by Gasteiger charge is 2.08. The van der Waals surface area contributed by atoms with E-state index in [0.717, 1.165) is 23.4 Å². The van der Waals surface area contributed by atoms with E-state index < -0.39 is 6.10 Å². The Bertz CT molecular complexity index is 286. The van der Waals surface area contributed by atoms with Gasteiger partial charge in [-0.15, -0.1) is 0 Å². The number of aliphatic hydroxyl groups is 1. The molecule has 0 radical (unpaired) electrons. The van der Waals surface area contributed by atoms with Crippen molar-refractivity contribution in [2.75, 3.05) is 12.4 Å². The van der Waals surface area contributed by atoms with Crippen LogP contribution in [-0.2, 0) is 0 Å². The molecule has 1 heterocycles. The van der Waals surface area contributed by atoms with Crippen LogP contribution in [0.3, 0.4) is 0 Å². The smallest absolute Gasteiger partial charge is 0.125 e. The first-order valence-electron chi connectivity index (χ1n) is 4.51. The highest BCUT2D eigenvalue weighted by atomic mass is 16.3. The monoisotopic (exact) mass is 180 g/mol. The fourth-order valence-electron chi connectivity index (χ4n) is 1.27. The molecular formula is C10H16N2O.